The van der Waals surface area contributed by atoms with Crippen molar-refractivity contribution < 1.29 is 14.6 Å². The monoisotopic (exact) mass is 266 g/mol. The predicted octanol–water partition coefficient (Wildman–Crippen LogP) is -0.491. The highest BCUT2D eigenvalue weighted by Gasteiger charge is 2.26. The molecule has 2 rings (SSSR count). The van der Waals surface area contributed by atoms with Gasteiger partial charge in [-0.2, -0.15) is 0 Å². The lowest BCUT2D eigenvalue weighted by Crippen LogP contribution is -2.47. The number of hydrogen-bond donors (Lipinski definition) is 3. The minimum Gasteiger partial charge on any atom is -0.394 e. The quantitative estimate of drug-likeness (QED) is 0.504. The highest BCUT2D eigenvalue weighted by molar-refractivity contribution is 5.99. The zero-order chi connectivity index (χ0) is 13.8. The van der Waals surface area contributed by atoms with E-state index in [9.17, 15) is 4.79 Å². The van der Waals surface area contributed by atoms with Crippen molar-refractivity contribution in [1.29, 1.82) is 0 Å². The van der Waals surface area contributed by atoms with Gasteiger partial charge in [0.2, 0.25) is 0 Å². The van der Waals surface area contributed by atoms with Gasteiger partial charge in [0.1, 0.15) is 0 Å². The second-order valence-corrected chi connectivity index (χ2v) is 4.44. The Morgan fingerprint density at radius 3 is 3.21 bits per heavy atom. The molecule has 7 heteroatoms. The number of aliphatic hydroxyl groups excluding tert-OH is 1. The van der Waals surface area contributed by atoms with Crippen molar-refractivity contribution >= 4 is 11.6 Å². The van der Waals surface area contributed by atoms with E-state index in [4.69, 9.17) is 15.7 Å². The van der Waals surface area contributed by atoms with Crippen LogP contribution < -0.4 is 11.3 Å². The van der Waals surface area contributed by atoms with Crippen molar-refractivity contribution in [1.82, 2.24) is 9.88 Å². The van der Waals surface area contributed by atoms with Gasteiger partial charge in [0.05, 0.1) is 30.6 Å². The minimum atomic E-state index is -0.328. The summed E-state index contributed by atoms with van der Waals surface area (Å²) in [6.45, 7) is 3.01. The van der Waals surface area contributed by atoms with Gasteiger partial charge in [-0.15, -0.1) is 0 Å². The summed E-state index contributed by atoms with van der Waals surface area (Å²) in [5.74, 6) is 5.26. The van der Waals surface area contributed by atoms with E-state index in [-0.39, 0.29) is 18.6 Å². The number of nitrogens with two attached hydrogens (primary N) is 1. The Balaban J connectivity index is 2.19. The van der Waals surface area contributed by atoms with Crippen LogP contribution in [0.1, 0.15) is 16.1 Å². The average molecular weight is 266 g/mol. The van der Waals surface area contributed by atoms with Crippen molar-refractivity contribution in [3.05, 3.63) is 23.5 Å². The van der Waals surface area contributed by atoms with E-state index in [2.05, 4.69) is 10.4 Å². The standard InChI is InChI=1S/C12H18N4O3/c1-8-4-11(15-13)10(5-14-8)12(18)16-2-3-19-9(6-16)7-17/h4-5,9,17H,2-3,6-7,13H2,1H3,(H,14,15). The Morgan fingerprint density at radius 1 is 1.74 bits per heavy atom. The van der Waals surface area contributed by atoms with Gasteiger partial charge in [0.25, 0.3) is 5.91 Å². The molecule has 1 amide bonds. The summed E-state index contributed by atoms with van der Waals surface area (Å²) in [5.41, 5.74) is 4.26. The highest BCUT2D eigenvalue weighted by Crippen LogP contribution is 2.18. The number of hydrogen-bond acceptors (Lipinski definition) is 6. The maximum atomic E-state index is 12.4. The van der Waals surface area contributed by atoms with E-state index < -0.39 is 0 Å². The summed E-state index contributed by atoms with van der Waals surface area (Å²) >= 11 is 0. The number of rotatable bonds is 3. The van der Waals surface area contributed by atoms with Crippen LogP contribution in [0.2, 0.25) is 0 Å². The molecule has 4 N–H and O–H groups in total. The van der Waals surface area contributed by atoms with Crippen molar-refractivity contribution in [2.45, 2.75) is 13.0 Å². The van der Waals surface area contributed by atoms with Crippen molar-refractivity contribution in [3.8, 4) is 0 Å². The van der Waals surface area contributed by atoms with E-state index in [1.807, 2.05) is 6.92 Å². The number of aliphatic hydroxyl groups is 1. The number of morpholine rings is 1. The molecule has 0 radical (unpaired) electrons. The number of ether oxygens (including phenoxy) is 1. The molecule has 1 fully saturated rings. The molecule has 1 unspecified atom stereocenters. The fraction of sp³-hybridized carbons (Fsp3) is 0.500. The fourth-order valence-electron chi connectivity index (χ4n) is 2.03. The molecule has 1 aliphatic rings. The summed E-state index contributed by atoms with van der Waals surface area (Å²) in [6.07, 6.45) is 1.18. The number of carbonyl (C=O) groups excluding carboxylic acids is 1. The van der Waals surface area contributed by atoms with Gasteiger partial charge in [-0.05, 0) is 13.0 Å². The topological polar surface area (TPSA) is 101 Å². The number of pyridine rings is 1. The summed E-state index contributed by atoms with van der Waals surface area (Å²) in [5, 5.41) is 9.09. The molecular formula is C12H18N4O3. The first-order valence-electron chi connectivity index (χ1n) is 6.10. The summed E-state index contributed by atoms with van der Waals surface area (Å²) in [4.78, 5) is 18.2. The van der Waals surface area contributed by atoms with Gasteiger partial charge in [-0.3, -0.25) is 15.6 Å². The van der Waals surface area contributed by atoms with E-state index in [1.54, 1.807) is 11.0 Å². The number of aromatic nitrogens is 1. The largest absolute Gasteiger partial charge is 0.394 e. The molecule has 0 bridgehead atoms. The first-order chi connectivity index (χ1) is 9.15. The molecule has 1 aromatic heterocycles. The number of aryl methyl sites for hydroxylation is 1. The van der Waals surface area contributed by atoms with Gasteiger partial charge in [-0.1, -0.05) is 0 Å². The zero-order valence-corrected chi connectivity index (χ0v) is 10.8. The molecular weight excluding hydrogens is 248 g/mol. The fourth-order valence-corrected chi connectivity index (χ4v) is 2.03. The number of carbonyl (C=O) groups is 1. The summed E-state index contributed by atoms with van der Waals surface area (Å²) < 4.78 is 5.32. The van der Waals surface area contributed by atoms with Crippen LogP contribution in [0.15, 0.2) is 12.3 Å². The maximum absolute atomic E-state index is 12.4. The van der Waals surface area contributed by atoms with Crippen LogP contribution in [-0.4, -0.2) is 53.3 Å². The molecule has 104 valence electrons. The van der Waals surface area contributed by atoms with Crippen molar-refractivity contribution in [2.24, 2.45) is 5.84 Å². The minimum absolute atomic E-state index is 0.0993. The third kappa shape index (κ3) is 3.01. The Bertz CT molecular complexity index is 466. The first-order valence-corrected chi connectivity index (χ1v) is 6.10. The molecule has 0 spiro atoms. The third-order valence-corrected chi connectivity index (χ3v) is 3.06. The zero-order valence-electron chi connectivity index (χ0n) is 10.8. The Kier molecular flexibility index (Phi) is 4.31. The van der Waals surface area contributed by atoms with Crippen LogP contribution in [0.5, 0.6) is 0 Å². The molecule has 7 nitrogen and oxygen atoms in total. The third-order valence-electron chi connectivity index (χ3n) is 3.06. The Labute approximate surface area is 111 Å². The SMILES string of the molecule is Cc1cc(NN)c(C(=O)N2CCOC(CO)C2)cn1. The molecule has 0 aromatic carbocycles. The smallest absolute Gasteiger partial charge is 0.257 e. The maximum Gasteiger partial charge on any atom is 0.257 e. The van der Waals surface area contributed by atoms with E-state index in [0.717, 1.165) is 5.69 Å². The van der Waals surface area contributed by atoms with Crippen molar-refractivity contribution in [2.75, 3.05) is 31.7 Å². The number of amides is 1. The molecule has 1 atom stereocenters. The molecule has 1 aliphatic heterocycles. The van der Waals surface area contributed by atoms with E-state index >= 15 is 0 Å². The Morgan fingerprint density at radius 2 is 2.53 bits per heavy atom. The lowest BCUT2D eigenvalue weighted by Gasteiger charge is -2.32. The summed E-state index contributed by atoms with van der Waals surface area (Å²) in [6, 6.07) is 1.72. The predicted molar refractivity (Wildman–Crippen MR) is 69.5 cm³/mol. The van der Waals surface area contributed by atoms with Gasteiger partial charge in [0, 0.05) is 25.0 Å². The summed E-state index contributed by atoms with van der Waals surface area (Å²) in [7, 11) is 0. The number of anilines is 1. The lowest BCUT2D eigenvalue weighted by atomic mass is 10.1. The van der Waals surface area contributed by atoms with Crippen LogP contribution >= 0.6 is 0 Å². The van der Waals surface area contributed by atoms with Gasteiger partial charge < -0.3 is 20.2 Å². The van der Waals surface area contributed by atoms with Gasteiger partial charge in [0.15, 0.2) is 0 Å². The van der Waals surface area contributed by atoms with Crippen LogP contribution in [0.3, 0.4) is 0 Å². The number of nitrogens with one attached hydrogen (secondary N) is 1. The highest BCUT2D eigenvalue weighted by atomic mass is 16.5. The normalized spacial score (nSPS) is 19.3. The van der Waals surface area contributed by atoms with Crippen LogP contribution in [0.25, 0.3) is 0 Å². The first kappa shape index (κ1) is 13.7. The van der Waals surface area contributed by atoms with Crippen molar-refractivity contribution in [3.63, 3.8) is 0 Å². The van der Waals surface area contributed by atoms with Crippen LogP contribution in [0, 0.1) is 6.92 Å². The average Bonchev–Trinajstić information content (AvgIpc) is 2.46. The van der Waals surface area contributed by atoms with E-state index in [1.165, 1.54) is 6.20 Å². The van der Waals surface area contributed by atoms with Gasteiger partial charge in [-0.25, -0.2) is 0 Å². The molecule has 0 aliphatic carbocycles. The number of nitrogens with zero attached hydrogens (tertiary/aromatic N) is 2. The molecule has 2 heterocycles. The Hall–Kier alpha value is -1.70. The lowest BCUT2D eigenvalue weighted by molar-refractivity contribution is -0.0447. The molecule has 19 heavy (non-hydrogen) atoms. The number of hydrazine groups is 1. The number of nitrogen functional groups attached to an aromatic ring is 1. The van der Waals surface area contributed by atoms with Gasteiger partial charge >= 0.3 is 0 Å². The molecule has 1 aromatic rings. The molecule has 0 saturated carbocycles. The molecule has 1 saturated heterocycles. The second kappa shape index (κ2) is 5.96. The van der Waals surface area contributed by atoms with E-state index in [0.29, 0.717) is 30.9 Å². The van der Waals surface area contributed by atoms with Crippen LogP contribution in [0.4, 0.5) is 5.69 Å². The van der Waals surface area contributed by atoms with Crippen LogP contribution in [-0.2, 0) is 4.74 Å². The second-order valence-electron chi connectivity index (χ2n) is 4.44.